The molecule has 0 unspecified atom stereocenters. The minimum atomic E-state index is -2.29. The lowest BCUT2D eigenvalue weighted by molar-refractivity contribution is -0.369. The first-order valence-electron chi connectivity index (χ1n) is 17.1. The maximum Gasteiger partial charge on any atom is 0.335 e. The van der Waals surface area contributed by atoms with Gasteiger partial charge in [0.2, 0.25) is 11.8 Å². The van der Waals surface area contributed by atoms with E-state index in [9.17, 15) is 75.3 Å². The van der Waals surface area contributed by atoms with Crippen molar-refractivity contribution in [3.63, 3.8) is 0 Å². The van der Waals surface area contributed by atoms with E-state index >= 15 is 0 Å². The first-order valence-corrected chi connectivity index (χ1v) is 17.1. The molecule has 4 fully saturated rings. The number of carboxylic acid groups (broad SMARTS) is 2. The van der Waals surface area contributed by atoms with Gasteiger partial charge in [0.15, 0.2) is 37.4 Å². The zero-order valence-corrected chi connectivity index (χ0v) is 29.8. The Kier molecular flexibility index (Phi) is 16.0. The number of carboxylic acids is 2. The van der Waals surface area contributed by atoms with Gasteiger partial charge in [-0.1, -0.05) is 6.08 Å². The molecule has 4 rings (SSSR count). The number of carbonyl (C=O) groups excluding carboxylic acids is 2. The summed E-state index contributed by atoms with van der Waals surface area (Å²) in [7, 11) is 0. The van der Waals surface area contributed by atoms with Crippen LogP contribution in [0.1, 0.15) is 13.8 Å². The summed E-state index contributed by atoms with van der Waals surface area (Å²) in [5, 5.41) is 120. The van der Waals surface area contributed by atoms with Gasteiger partial charge >= 0.3 is 11.9 Å². The highest BCUT2D eigenvalue weighted by molar-refractivity contribution is 5.74. The average molecular weight is 817 g/mol. The molecule has 0 saturated carbocycles. The van der Waals surface area contributed by atoms with Gasteiger partial charge in [0.1, 0.15) is 85.3 Å². The van der Waals surface area contributed by atoms with E-state index in [2.05, 4.69) is 17.2 Å². The second-order valence-corrected chi connectivity index (χ2v) is 13.3. The fourth-order valence-electron chi connectivity index (χ4n) is 6.59. The standard InChI is InChI=1S/C31H48N2O23/c1-4-5-49-28-12(32-8(2)36)21(14(38)10(6-34)50-28)52-31-20(44)18(42)23(25(56-31)27(47)48)54-29-13(33-9(3)37)22(15(39)11(7-35)51-29)53-30-19(43)16(40)17(41)24(55-30)26(45)46/h4,10-25,28-31,34-35,38-44H,1,5-7H2,2-3H3,(H,32,36)(H,33,37)(H,45,46)(H,47,48)/t10-,11-,12-,13-,14-,15-,16+,17+,18-,19-,20-,21-,22-,23+,24+,25+,28+,29+,30-,31-/m1/s1. The summed E-state index contributed by atoms with van der Waals surface area (Å²) in [6.45, 7) is 3.63. The molecule has 0 bridgehead atoms. The smallest absolute Gasteiger partial charge is 0.335 e. The molecule has 4 aliphatic rings. The maximum atomic E-state index is 12.6. The summed E-state index contributed by atoms with van der Waals surface area (Å²) in [6, 6.07) is -3.18. The predicted octanol–water partition coefficient (Wildman–Crippen LogP) is -8.07. The van der Waals surface area contributed by atoms with Crippen LogP contribution in [-0.4, -0.2) is 222 Å². The lowest BCUT2D eigenvalue weighted by Gasteiger charge is -2.50. The van der Waals surface area contributed by atoms with E-state index in [1.807, 2.05) is 0 Å². The summed E-state index contributed by atoms with van der Waals surface area (Å²) < 4.78 is 44.5. The fourth-order valence-corrected chi connectivity index (χ4v) is 6.59. The zero-order chi connectivity index (χ0) is 41.8. The molecular formula is C31H48N2O23. The van der Waals surface area contributed by atoms with Crippen molar-refractivity contribution in [1.82, 2.24) is 10.6 Å². The Bertz CT molecular complexity index is 1380. The third-order valence-electron chi connectivity index (χ3n) is 9.30. The Morgan fingerprint density at radius 1 is 0.571 bits per heavy atom. The molecule has 20 atom stereocenters. The number of carbonyl (C=O) groups is 4. The van der Waals surface area contributed by atoms with Crippen LogP contribution in [0.5, 0.6) is 0 Å². The van der Waals surface area contributed by atoms with Crippen molar-refractivity contribution < 1.29 is 113 Å². The van der Waals surface area contributed by atoms with Gasteiger partial charge in [0, 0.05) is 13.8 Å². The van der Waals surface area contributed by atoms with Crippen molar-refractivity contribution in [3.05, 3.63) is 12.7 Å². The minimum absolute atomic E-state index is 0.145. The highest BCUT2D eigenvalue weighted by Gasteiger charge is 2.57. The van der Waals surface area contributed by atoms with Gasteiger partial charge in [-0.15, -0.1) is 6.58 Å². The van der Waals surface area contributed by atoms with Gasteiger partial charge in [-0.3, -0.25) is 9.59 Å². The number of amides is 2. The molecule has 13 N–H and O–H groups in total. The van der Waals surface area contributed by atoms with Crippen molar-refractivity contribution >= 4 is 23.8 Å². The summed E-state index contributed by atoms with van der Waals surface area (Å²) in [5.41, 5.74) is 0. The van der Waals surface area contributed by atoms with Crippen molar-refractivity contribution in [2.75, 3.05) is 19.8 Å². The first kappa shape index (κ1) is 45.6. The quantitative estimate of drug-likeness (QED) is 0.0683. The summed E-state index contributed by atoms with van der Waals surface area (Å²) in [5.74, 6) is -5.17. The van der Waals surface area contributed by atoms with Gasteiger partial charge in [-0.2, -0.15) is 0 Å². The SMILES string of the molecule is C=CCO[C@H]1O[C@H](CO)[C@@H](O)[C@H](O[C@@H]2O[C@H](C(=O)O)[C@@H](O[C@@H]3O[C@H](CO)[C@@H](O)[C@H](O[C@@H]4O[C@H](C(=O)O)[C@@H](O)[C@H](O)[C@H]4O)[C@H]3NC(C)=O)[C@H](O)[C@H]2O)[C@H]1NC(C)=O. The Hall–Kier alpha value is -3.06. The first-order chi connectivity index (χ1) is 26.4. The number of nitrogens with one attached hydrogen (secondary N) is 2. The van der Waals surface area contributed by atoms with E-state index in [1.54, 1.807) is 0 Å². The normalized spacial score (nSPS) is 44.3. The number of ether oxygens (including phenoxy) is 8. The monoisotopic (exact) mass is 816 g/mol. The van der Waals surface area contributed by atoms with E-state index < -0.39 is 160 Å². The van der Waals surface area contributed by atoms with Crippen LogP contribution in [0.3, 0.4) is 0 Å². The van der Waals surface area contributed by atoms with Crippen LogP contribution in [0.15, 0.2) is 12.7 Å². The van der Waals surface area contributed by atoms with Gasteiger partial charge < -0.3 is 105 Å². The summed E-state index contributed by atoms with van der Waals surface area (Å²) in [6.07, 6.45) is -34.3. The molecule has 56 heavy (non-hydrogen) atoms. The van der Waals surface area contributed by atoms with Crippen LogP contribution in [0.4, 0.5) is 0 Å². The van der Waals surface area contributed by atoms with Crippen LogP contribution >= 0.6 is 0 Å². The molecule has 4 aliphatic heterocycles. The number of hydrogen-bond donors (Lipinski definition) is 13. The number of aliphatic carboxylic acids is 2. The zero-order valence-electron chi connectivity index (χ0n) is 29.8. The Balaban J connectivity index is 1.63. The molecule has 0 spiro atoms. The minimum Gasteiger partial charge on any atom is -0.479 e. The van der Waals surface area contributed by atoms with Gasteiger partial charge in [-0.25, -0.2) is 9.59 Å². The summed E-state index contributed by atoms with van der Waals surface area (Å²) >= 11 is 0. The third-order valence-corrected chi connectivity index (χ3v) is 9.30. The topological polar surface area (TPSA) is 389 Å². The molecular weight excluding hydrogens is 768 g/mol. The molecule has 320 valence electrons. The number of aliphatic hydroxyl groups is 9. The van der Waals surface area contributed by atoms with Crippen LogP contribution < -0.4 is 10.6 Å². The van der Waals surface area contributed by atoms with Crippen molar-refractivity contribution in [3.8, 4) is 0 Å². The number of rotatable bonds is 15. The molecule has 4 saturated heterocycles. The van der Waals surface area contributed by atoms with E-state index in [1.165, 1.54) is 6.08 Å². The number of aliphatic hydroxyl groups excluding tert-OH is 9. The maximum absolute atomic E-state index is 12.6. The van der Waals surface area contributed by atoms with E-state index in [4.69, 9.17) is 37.9 Å². The second-order valence-electron chi connectivity index (χ2n) is 13.3. The molecule has 0 aromatic heterocycles. The summed E-state index contributed by atoms with van der Waals surface area (Å²) in [4.78, 5) is 48.7. The third kappa shape index (κ3) is 9.96. The average Bonchev–Trinajstić information content (AvgIpc) is 3.13. The number of hydrogen-bond acceptors (Lipinski definition) is 21. The fraction of sp³-hybridized carbons (Fsp3) is 0.806. The van der Waals surface area contributed by atoms with Gasteiger partial charge in [0.05, 0.1) is 19.8 Å². The predicted molar refractivity (Wildman–Crippen MR) is 172 cm³/mol. The van der Waals surface area contributed by atoms with E-state index in [-0.39, 0.29) is 6.61 Å². The van der Waals surface area contributed by atoms with Crippen LogP contribution in [0.25, 0.3) is 0 Å². The van der Waals surface area contributed by atoms with Crippen LogP contribution in [0.2, 0.25) is 0 Å². The van der Waals surface area contributed by atoms with E-state index in [0.717, 1.165) is 13.8 Å². The molecule has 0 radical (unpaired) electrons. The van der Waals surface area contributed by atoms with Crippen LogP contribution in [0, 0.1) is 0 Å². The lowest BCUT2D eigenvalue weighted by atomic mass is 9.94. The largest absolute Gasteiger partial charge is 0.479 e. The second kappa shape index (κ2) is 19.6. The van der Waals surface area contributed by atoms with Crippen molar-refractivity contribution in [1.29, 1.82) is 0 Å². The molecule has 4 heterocycles. The molecule has 2 amide bonds. The van der Waals surface area contributed by atoms with E-state index in [0.29, 0.717) is 0 Å². The van der Waals surface area contributed by atoms with Crippen molar-refractivity contribution in [2.45, 2.75) is 137 Å². The molecule has 0 aliphatic carbocycles. The molecule has 25 nitrogen and oxygen atoms in total. The van der Waals surface area contributed by atoms with Crippen molar-refractivity contribution in [2.24, 2.45) is 0 Å². The van der Waals surface area contributed by atoms with Gasteiger partial charge in [0.25, 0.3) is 0 Å². The Morgan fingerprint density at radius 3 is 1.45 bits per heavy atom. The lowest BCUT2D eigenvalue weighted by Crippen LogP contribution is -2.70. The molecule has 0 aromatic carbocycles. The highest BCUT2D eigenvalue weighted by Crippen LogP contribution is 2.35. The molecule has 25 heteroatoms. The highest BCUT2D eigenvalue weighted by atomic mass is 16.8. The Labute approximate surface area is 316 Å². The van der Waals surface area contributed by atoms with Crippen LogP contribution in [-0.2, 0) is 57.1 Å². The Morgan fingerprint density at radius 2 is 1.00 bits per heavy atom. The molecule has 0 aromatic rings. The van der Waals surface area contributed by atoms with Gasteiger partial charge in [-0.05, 0) is 0 Å².